The van der Waals surface area contributed by atoms with Crippen LogP contribution in [-0.2, 0) is 11.2 Å². The predicted octanol–water partition coefficient (Wildman–Crippen LogP) is 3.17. The van der Waals surface area contributed by atoms with Crippen LogP contribution in [0.2, 0.25) is 0 Å². The number of hydrogen-bond acceptors (Lipinski definition) is 3. The number of urea groups is 1. The number of aromatic nitrogens is 1. The quantitative estimate of drug-likeness (QED) is 0.343. The molecule has 3 N–H and O–H groups in total. The maximum Gasteiger partial charge on any atom is 0.324 e. The molecule has 3 aromatic rings. The Hall–Kier alpha value is -3.58. The van der Waals surface area contributed by atoms with E-state index in [0.717, 1.165) is 23.2 Å². The van der Waals surface area contributed by atoms with Gasteiger partial charge in [-0.15, -0.1) is 0 Å². The lowest BCUT2D eigenvalue weighted by Crippen LogP contribution is -2.33. The highest BCUT2D eigenvalue weighted by Gasteiger charge is 2.29. The van der Waals surface area contributed by atoms with Crippen molar-refractivity contribution in [3.05, 3.63) is 71.9 Å². The van der Waals surface area contributed by atoms with E-state index in [9.17, 15) is 9.59 Å². The van der Waals surface area contributed by atoms with Crippen LogP contribution in [0.1, 0.15) is 11.1 Å². The molecule has 2 aromatic carbocycles. The summed E-state index contributed by atoms with van der Waals surface area (Å²) < 4.78 is 0. The van der Waals surface area contributed by atoms with Gasteiger partial charge in [0.2, 0.25) is 0 Å². The average Bonchev–Trinajstić information content (AvgIpc) is 3.34. The molecule has 0 radical (unpaired) electrons. The third-order valence-electron chi connectivity index (χ3n) is 5.16. The summed E-state index contributed by atoms with van der Waals surface area (Å²) in [6.45, 7) is 2.02. The van der Waals surface area contributed by atoms with E-state index in [-0.39, 0.29) is 6.03 Å². The van der Waals surface area contributed by atoms with Crippen molar-refractivity contribution in [1.82, 2.24) is 15.4 Å². The van der Waals surface area contributed by atoms with Crippen molar-refractivity contribution < 1.29 is 14.8 Å². The lowest BCUT2D eigenvalue weighted by atomic mass is 10.1. The molecular formula is C22H22N4O3. The first kappa shape index (κ1) is 18.8. The average molecular weight is 390 g/mol. The molecule has 0 atom stereocenters. The molecule has 4 rings (SSSR count). The Bertz CT molecular complexity index is 1060. The number of carbonyl (C=O) groups excluding carboxylic acids is 2. The third-order valence-corrected chi connectivity index (χ3v) is 5.16. The minimum atomic E-state index is -0.588. The largest absolute Gasteiger partial charge is 0.361 e. The Balaban J connectivity index is 1.38. The molecule has 7 nitrogen and oxygen atoms in total. The molecule has 3 amide bonds. The van der Waals surface area contributed by atoms with Crippen molar-refractivity contribution in [3.63, 3.8) is 0 Å². The Kier molecular flexibility index (Phi) is 5.31. The number of nitrogens with one attached hydrogen (secondary N) is 2. The smallest absolute Gasteiger partial charge is 0.324 e. The lowest BCUT2D eigenvalue weighted by molar-refractivity contribution is -0.124. The Morgan fingerprint density at radius 1 is 1.14 bits per heavy atom. The fraction of sp³-hybridized carbons (Fsp3) is 0.182. The van der Waals surface area contributed by atoms with Gasteiger partial charge in [-0.2, -0.15) is 0 Å². The van der Waals surface area contributed by atoms with Gasteiger partial charge in [-0.05, 0) is 41.8 Å². The molecule has 0 saturated carbocycles. The lowest BCUT2D eigenvalue weighted by Gasteiger charge is -2.18. The van der Waals surface area contributed by atoms with Gasteiger partial charge in [-0.25, -0.2) is 10.3 Å². The van der Waals surface area contributed by atoms with Crippen LogP contribution in [-0.4, -0.2) is 46.7 Å². The molecular weight excluding hydrogens is 368 g/mol. The maximum absolute atomic E-state index is 12.8. The van der Waals surface area contributed by atoms with Gasteiger partial charge in [0.1, 0.15) is 0 Å². The van der Waals surface area contributed by atoms with Crippen LogP contribution in [0.25, 0.3) is 17.0 Å². The zero-order valence-corrected chi connectivity index (χ0v) is 15.8. The topological polar surface area (TPSA) is 88.7 Å². The first-order valence-electron chi connectivity index (χ1n) is 9.49. The molecule has 2 heterocycles. The van der Waals surface area contributed by atoms with Crippen LogP contribution in [0, 0.1) is 0 Å². The number of anilines is 1. The van der Waals surface area contributed by atoms with Crippen LogP contribution in [0.4, 0.5) is 10.5 Å². The zero-order valence-electron chi connectivity index (χ0n) is 15.8. The van der Waals surface area contributed by atoms with Crippen molar-refractivity contribution in [2.24, 2.45) is 0 Å². The van der Waals surface area contributed by atoms with E-state index in [0.29, 0.717) is 19.6 Å². The molecule has 0 spiro atoms. The molecule has 1 fully saturated rings. The van der Waals surface area contributed by atoms with E-state index < -0.39 is 5.91 Å². The normalized spacial score (nSPS) is 14.3. The summed E-state index contributed by atoms with van der Waals surface area (Å²) in [4.78, 5) is 30.8. The maximum atomic E-state index is 12.8. The minimum Gasteiger partial charge on any atom is -0.361 e. The standard InChI is InChI=1S/C22H22N4O3/c27-21(24-29)10-7-16-5-8-18(9-6-16)26-14-13-25(22(26)28)12-11-17-15-23-20-4-2-1-3-19(17)20/h1-10,15,23,29H,11-14H2,(H,24,27)/b10-7+. The number of fused-ring (bicyclic) bond motifs is 1. The Morgan fingerprint density at radius 2 is 1.93 bits per heavy atom. The molecule has 0 bridgehead atoms. The van der Waals surface area contributed by atoms with Gasteiger partial charge in [-0.1, -0.05) is 30.3 Å². The molecule has 29 heavy (non-hydrogen) atoms. The minimum absolute atomic E-state index is 0.00721. The highest BCUT2D eigenvalue weighted by atomic mass is 16.5. The summed E-state index contributed by atoms with van der Waals surface area (Å²) in [6.07, 6.45) is 5.66. The van der Waals surface area contributed by atoms with Crippen LogP contribution < -0.4 is 10.4 Å². The molecule has 0 aliphatic carbocycles. The zero-order chi connectivity index (χ0) is 20.2. The van der Waals surface area contributed by atoms with Gasteiger partial charge in [0.25, 0.3) is 5.91 Å². The van der Waals surface area contributed by atoms with Crippen molar-refractivity contribution in [1.29, 1.82) is 0 Å². The summed E-state index contributed by atoms with van der Waals surface area (Å²) in [7, 11) is 0. The summed E-state index contributed by atoms with van der Waals surface area (Å²) in [5, 5.41) is 9.71. The first-order chi connectivity index (χ1) is 14.2. The van der Waals surface area contributed by atoms with E-state index in [1.165, 1.54) is 17.0 Å². The van der Waals surface area contributed by atoms with Crippen molar-refractivity contribution in [3.8, 4) is 0 Å². The Labute approximate surface area is 168 Å². The van der Waals surface area contributed by atoms with E-state index >= 15 is 0 Å². The van der Waals surface area contributed by atoms with Gasteiger partial charge in [0, 0.05) is 48.5 Å². The fourth-order valence-electron chi connectivity index (χ4n) is 3.60. The molecule has 1 aliphatic rings. The number of nitrogens with zero attached hydrogens (tertiary/aromatic N) is 2. The number of rotatable bonds is 6. The highest BCUT2D eigenvalue weighted by Crippen LogP contribution is 2.23. The van der Waals surface area contributed by atoms with E-state index in [4.69, 9.17) is 5.21 Å². The monoisotopic (exact) mass is 390 g/mol. The number of amides is 3. The summed E-state index contributed by atoms with van der Waals surface area (Å²) in [5.74, 6) is -0.588. The predicted molar refractivity (Wildman–Crippen MR) is 112 cm³/mol. The van der Waals surface area contributed by atoms with Crippen molar-refractivity contribution in [2.45, 2.75) is 6.42 Å². The number of carbonyl (C=O) groups is 2. The van der Waals surface area contributed by atoms with Crippen LogP contribution in [0.15, 0.2) is 60.8 Å². The van der Waals surface area contributed by atoms with E-state index in [2.05, 4.69) is 17.1 Å². The van der Waals surface area contributed by atoms with Crippen molar-refractivity contribution in [2.75, 3.05) is 24.5 Å². The van der Waals surface area contributed by atoms with Gasteiger partial charge < -0.3 is 9.88 Å². The number of benzene rings is 2. The molecule has 1 aromatic heterocycles. The van der Waals surface area contributed by atoms with Crippen LogP contribution >= 0.6 is 0 Å². The van der Waals surface area contributed by atoms with E-state index in [1.807, 2.05) is 47.5 Å². The van der Waals surface area contributed by atoms with Crippen LogP contribution in [0.3, 0.4) is 0 Å². The van der Waals surface area contributed by atoms with Crippen molar-refractivity contribution >= 4 is 34.6 Å². The number of para-hydroxylation sites is 1. The Morgan fingerprint density at radius 3 is 2.72 bits per heavy atom. The van der Waals surface area contributed by atoms with E-state index in [1.54, 1.807) is 16.5 Å². The second-order valence-electron chi connectivity index (χ2n) is 6.93. The van der Waals surface area contributed by atoms with Gasteiger partial charge >= 0.3 is 6.03 Å². The van der Waals surface area contributed by atoms with Gasteiger partial charge in [0.15, 0.2) is 0 Å². The summed E-state index contributed by atoms with van der Waals surface area (Å²) >= 11 is 0. The molecule has 1 saturated heterocycles. The summed E-state index contributed by atoms with van der Waals surface area (Å²) in [6, 6.07) is 15.6. The second-order valence-corrected chi connectivity index (χ2v) is 6.93. The third kappa shape index (κ3) is 4.00. The van der Waals surface area contributed by atoms with Crippen LogP contribution in [0.5, 0.6) is 0 Å². The van der Waals surface area contributed by atoms with Gasteiger partial charge in [0.05, 0.1) is 0 Å². The number of aromatic amines is 1. The number of H-pyrrole nitrogens is 1. The SMILES string of the molecule is O=C(/C=C/c1ccc(N2CCN(CCc3c[nH]c4ccccc34)C2=O)cc1)NO. The number of hydrogen-bond donors (Lipinski definition) is 3. The second kappa shape index (κ2) is 8.20. The molecule has 0 unspecified atom stereocenters. The fourth-order valence-corrected chi connectivity index (χ4v) is 3.60. The number of hydroxylamine groups is 1. The molecule has 7 heteroatoms. The highest BCUT2D eigenvalue weighted by molar-refractivity contribution is 5.94. The first-order valence-corrected chi connectivity index (χ1v) is 9.49. The molecule has 148 valence electrons. The summed E-state index contributed by atoms with van der Waals surface area (Å²) in [5.41, 5.74) is 5.51. The van der Waals surface area contributed by atoms with Gasteiger partial charge in [-0.3, -0.25) is 14.9 Å². The molecule has 1 aliphatic heterocycles.